The Morgan fingerprint density at radius 3 is 2.87 bits per heavy atom. The first kappa shape index (κ1) is 9.78. The minimum atomic E-state index is 0.875. The van der Waals surface area contributed by atoms with Crippen molar-refractivity contribution in [3.63, 3.8) is 0 Å². The molecular weight excluding hydrogens is 182 g/mol. The van der Waals surface area contributed by atoms with Crippen molar-refractivity contribution in [1.29, 1.82) is 0 Å². The van der Waals surface area contributed by atoms with Crippen molar-refractivity contribution in [1.82, 2.24) is 0 Å². The fraction of sp³-hybridized carbons (Fsp3) is 0.143. The van der Waals surface area contributed by atoms with Crippen LogP contribution >= 0.6 is 0 Å². The molecule has 1 aliphatic rings. The van der Waals surface area contributed by atoms with E-state index in [2.05, 4.69) is 42.0 Å². The van der Waals surface area contributed by atoms with Crippen LogP contribution in [0.1, 0.15) is 6.42 Å². The maximum atomic E-state index is 3.74. The van der Waals surface area contributed by atoms with E-state index in [0.717, 1.165) is 13.0 Å². The van der Waals surface area contributed by atoms with Gasteiger partial charge in [0, 0.05) is 12.2 Å². The predicted molar refractivity (Wildman–Crippen MR) is 64.5 cm³/mol. The third-order valence-electron chi connectivity index (χ3n) is 2.32. The normalized spacial score (nSPS) is 14.9. The smallest absolute Gasteiger partial charge is 0.0693 e. The van der Waals surface area contributed by atoms with Crippen LogP contribution in [0.25, 0.3) is 0 Å². The zero-order chi connectivity index (χ0) is 10.5. The molecule has 1 aromatic carbocycles. The van der Waals surface area contributed by atoms with Crippen molar-refractivity contribution in [2.45, 2.75) is 6.42 Å². The molecule has 1 heteroatoms. The minimum Gasteiger partial charge on any atom is -0.336 e. The predicted octanol–water partition coefficient (Wildman–Crippen LogP) is 3.33. The van der Waals surface area contributed by atoms with Gasteiger partial charge in [-0.25, -0.2) is 0 Å². The topological polar surface area (TPSA) is 3.24 Å². The molecule has 0 fully saturated rings. The summed E-state index contributed by atoms with van der Waals surface area (Å²) in [6.45, 7) is 4.63. The summed E-state index contributed by atoms with van der Waals surface area (Å²) in [5, 5.41) is 0. The largest absolute Gasteiger partial charge is 0.336 e. The van der Waals surface area contributed by atoms with Crippen molar-refractivity contribution in [2.24, 2.45) is 0 Å². The molecule has 0 aromatic heterocycles. The van der Waals surface area contributed by atoms with Crippen LogP contribution in [0.4, 0.5) is 5.69 Å². The maximum Gasteiger partial charge on any atom is 0.0693 e. The van der Waals surface area contributed by atoms with E-state index in [4.69, 9.17) is 0 Å². The molecular formula is C14H14N. The molecule has 1 aliphatic heterocycles. The summed E-state index contributed by atoms with van der Waals surface area (Å²) in [5.41, 5.74) is 2.36. The molecule has 0 amide bonds. The zero-order valence-corrected chi connectivity index (χ0v) is 8.69. The van der Waals surface area contributed by atoms with Crippen molar-refractivity contribution in [3.05, 3.63) is 66.9 Å². The highest BCUT2D eigenvalue weighted by atomic mass is 15.1. The molecule has 0 unspecified atom stereocenters. The first-order valence-corrected chi connectivity index (χ1v) is 5.12. The molecule has 2 rings (SSSR count). The third kappa shape index (κ3) is 2.38. The van der Waals surface area contributed by atoms with Gasteiger partial charge >= 0.3 is 0 Å². The average Bonchev–Trinajstić information content (AvgIpc) is 2.31. The fourth-order valence-corrected chi connectivity index (χ4v) is 1.60. The van der Waals surface area contributed by atoms with Crippen LogP contribution in [0.3, 0.4) is 0 Å². The van der Waals surface area contributed by atoms with Gasteiger partial charge < -0.3 is 4.90 Å². The number of rotatable bonds is 3. The number of allylic oxidation sites excluding steroid dienone is 3. The standard InChI is InChI=1S/C14H14N/c1-2-7-13-8-6-11-15(12-13)14-9-4-3-5-10-14/h2-6,8-10H,1,7,11H2. The van der Waals surface area contributed by atoms with Crippen molar-refractivity contribution in [2.75, 3.05) is 11.4 Å². The maximum absolute atomic E-state index is 3.74. The van der Waals surface area contributed by atoms with E-state index in [1.807, 2.05) is 24.3 Å². The molecule has 15 heavy (non-hydrogen) atoms. The number of para-hydroxylation sites is 1. The van der Waals surface area contributed by atoms with E-state index >= 15 is 0 Å². The van der Waals surface area contributed by atoms with E-state index in [-0.39, 0.29) is 0 Å². The van der Waals surface area contributed by atoms with Crippen LogP contribution in [0.2, 0.25) is 0 Å². The molecule has 0 saturated carbocycles. The summed E-state index contributed by atoms with van der Waals surface area (Å²) in [7, 11) is 0. The van der Waals surface area contributed by atoms with E-state index in [0.29, 0.717) is 0 Å². The molecule has 1 heterocycles. The Labute approximate surface area is 91.0 Å². The van der Waals surface area contributed by atoms with Gasteiger partial charge in [0.05, 0.1) is 6.20 Å². The molecule has 1 nitrogen and oxygen atoms in total. The second-order valence-corrected chi connectivity index (χ2v) is 3.48. The van der Waals surface area contributed by atoms with Gasteiger partial charge in [0.15, 0.2) is 0 Å². The van der Waals surface area contributed by atoms with Gasteiger partial charge in [0.2, 0.25) is 0 Å². The van der Waals surface area contributed by atoms with Crippen LogP contribution in [-0.4, -0.2) is 6.54 Å². The highest BCUT2D eigenvalue weighted by molar-refractivity contribution is 5.50. The molecule has 0 atom stereocenters. The molecule has 75 valence electrons. The van der Waals surface area contributed by atoms with Gasteiger partial charge in [-0.05, 0) is 24.1 Å². The second-order valence-electron chi connectivity index (χ2n) is 3.48. The summed E-state index contributed by atoms with van der Waals surface area (Å²) in [4.78, 5) is 2.12. The van der Waals surface area contributed by atoms with Crippen molar-refractivity contribution in [3.8, 4) is 0 Å². The van der Waals surface area contributed by atoms with Crippen molar-refractivity contribution >= 4 is 5.69 Å². The molecule has 0 bridgehead atoms. The lowest BCUT2D eigenvalue weighted by Crippen LogP contribution is -2.19. The molecule has 0 spiro atoms. The molecule has 0 N–H and O–H groups in total. The molecule has 0 aliphatic carbocycles. The second kappa shape index (κ2) is 4.65. The Hall–Kier alpha value is -1.76. The van der Waals surface area contributed by atoms with Crippen LogP contribution in [0.15, 0.2) is 60.7 Å². The van der Waals surface area contributed by atoms with Crippen LogP contribution in [-0.2, 0) is 0 Å². The summed E-state index contributed by atoms with van der Waals surface area (Å²) in [5.74, 6) is 0. The Morgan fingerprint density at radius 2 is 2.13 bits per heavy atom. The SMILES string of the molecule is C=CCC1=[C]N(c2ccccc2)CC=C1. The number of hydrogen-bond donors (Lipinski definition) is 0. The zero-order valence-electron chi connectivity index (χ0n) is 8.69. The van der Waals surface area contributed by atoms with Crippen LogP contribution in [0.5, 0.6) is 0 Å². The number of anilines is 1. The Morgan fingerprint density at radius 1 is 1.33 bits per heavy atom. The van der Waals surface area contributed by atoms with Gasteiger partial charge in [-0.15, -0.1) is 6.58 Å². The van der Waals surface area contributed by atoms with Crippen LogP contribution in [0, 0.1) is 6.20 Å². The summed E-state index contributed by atoms with van der Waals surface area (Å²) in [6, 6.07) is 10.3. The van der Waals surface area contributed by atoms with Crippen LogP contribution < -0.4 is 4.90 Å². The Bertz CT molecular complexity index is 387. The summed E-state index contributed by atoms with van der Waals surface area (Å²) in [6.07, 6.45) is 10.4. The lowest BCUT2D eigenvalue weighted by atomic mass is 10.1. The fourth-order valence-electron chi connectivity index (χ4n) is 1.60. The lowest BCUT2D eigenvalue weighted by molar-refractivity contribution is 1.01. The number of nitrogens with zero attached hydrogens (tertiary/aromatic N) is 1. The molecule has 1 radical (unpaired) electrons. The quantitative estimate of drug-likeness (QED) is 0.670. The Balaban J connectivity index is 2.18. The summed E-state index contributed by atoms with van der Waals surface area (Å²) >= 11 is 0. The minimum absolute atomic E-state index is 0.875. The lowest BCUT2D eigenvalue weighted by Gasteiger charge is -2.21. The third-order valence-corrected chi connectivity index (χ3v) is 2.32. The van der Waals surface area contributed by atoms with E-state index < -0.39 is 0 Å². The van der Waals surface area contributed by atoms with Gasteiger partial charge in [-0.2, -0.15) is 0 Å². The summed E-state index contributed by atoms with van der Waals surface area (Å²) < 4.78 is 0. The average molecular weight is 196 g/mol. The number of benzene rings is 1. The first-order valence-electron chi connectivity index (χ1n) is 5.12. The number of hydrogen-bond acceptors (Lipinski definition) is 1. The molecule has 1 aromatic rings. The van der Waals surface area contributed by atoms with E-state index in [1.54, 1.807) is 0 Å². The monoisotopic (exact) mass is 196 g/mol. The molecule has 0 saturated heterocycles. The van der Waals surface area contributed by atoms with E-state index in [1.165, 1.54) is 11.3 Å². The van der Waals surface area contributed by atoms with Gasteiger partial charge in [-0.1, -0.05) is 36.4 Å². The van der Waals surface area contributed by atoms with Gasteiger partial charge in [-0.3, -0.25) is 0 Å². The Kier molecular flexibility index (Phi) is 3.03. The highest BCUT2D eigenvalue weighted by Gasteiger charge is 2.06. The highest BCUT2D eigenvalue weighted by Crippen LogP contribution is 2.18. The van der Waals surface area contributed by atoms with Gasteiger partial charge in [0.25, 0.3) is 0 Å². The van der Waals surface area contributed by atoms with E-state index in [9.17, 15) is 0 Å². The van der Waals surface area contributed by atoms with Gasteiger partial charge in [0.1, 0.15) is 0 Å². The van der Waals surface area contributed by atoms with Crippen molar-refractivity contribution < 1.29 is 0 Å². The first-order chi connectivity index (χ1) is 7.40.